The monoisotopic (exact) mass is 243 g/mol. The van der Waals surface area contributed by atoms with Crippen molar-refractivity contribution in [2.24, 2.45) is 11.7 Å². The van der Waals surface area contributed by atoms with Crippen LogP contribution >= 0.6 is 0 Å². The molecule has 0 aliphatic heterocycles. The summed E-state index contributed by atoms with van der Waals surface area (Å²) in [4.78, 5) is 11.6. The molecule has 0 amide bonds. The molecule has 0 aromatic carbocycles. The Morgan fingerprint density at radius 3 is 2.53 bits per heavy atom. The maximum atomic E-state index is 11.6. The number of nitrogens with two attached hydrogens (primary N) is 1. The number of carbonyl (C=O) groups excluding carboxylic acids is 1. The molecule has 17 heavy (non-hydrogen) atoms. The summed E-state index contributed by atoms with van der Waals surface area (Å²) in [5.41, 5.74) is 5.51. The Hall–Kier alpha value is -0.610. The summed E-state index contributed by atoms with van der Waals surface area (Å²) in [6, 6.07) is 0. The average molecular weight is 243 g/mol. The third-order valence-electron chi connectivity index (χ3n) is 3.60. The third-order valence-corrected chi connectivity index (χ3v) is 3.60. The SMILES string of the molecule is CCOC(=O)C(C)OC1(CN)CCC(C)CC1. The van der Waals surface area contributed by atoms with Gasteiger partial charge in [0.15, 0.2) is 6.10 Å². The minimum absolute atomic E-state index is 0.293. The molecule has 4 nitrogen and oxygen atoms in total. The Kier molecular flexibility index (Phi) is 5.40. The fourth-order valence-corrected chi connectivity index (χ4v) is 2.34. The van der Waals surface area contributed by atoms with Gasteiger partial charge < -0.3 is 15.2 Å². The van der Waals surface area contributed by atoms with Gasteiger partial charge in [-0.25, -0.2) is 4.79 Å². The van der Waals surface area contributed by atoms with Gasteiger partial charge >= 0.3 is 5.97 Å². The van der Waals surface area contributed by atoms with Gasteiger partial charge in [0.2, 0.25) is 0 Å². The fourth-order valence-electron chi connectivity index (χ4n) is 2.34. The van der Waals surface area contributed by atoms with Gasteiger partial charge in [0, 0.05) is 6.54 Å². The van der Waals surface area contributed by atoms with Crippen LogP contribution in [0.4, 0.5) is 0 Å². The van der Waals surface area contributed by atoms with E-state index in [1.807, 2.05) is 0 Å². The molecule has 1 atom stereocenters. The highest BCUT2D eigenvalue weighted by atomic mass is 16.6. The Balaban J connectivity index is 2.54. The molecule has 1 aliphatic carbocycles. The predicted molar refractivity (Wildman–Crippen MR) is 66.6 cm³/mol. The van der Waals surface area contributed by atoms with E-state index >= 15 is 0 Å². The number of esters is 1. The van der Waals surface area contributed by atoms with E-state index in [-0.39, 0.29) is 11.6 Å². The molecule has 1 unspecified atom stereocenters. The van der Waals surface area contributed by atoms with Gasteiger partial charge in [-0.3, -0.25) is 0 Å². The summed E-state index contributed by atoms with van der Waals surface area (Å²) in [5, 5.41) is 0. The van der Waals surface area contributed by atoms with E-state index in [0.29, 0.717) is 13.2 Å². The smallest absolute Gasteiger partial charge is 0.334 e. The summed E-state index contributed by atoms with van der Waals surface area (Å²) in [7, 11) is 0. The molecular weight excluding hydrogens is 218 g/mol. The summed E-state index contributed by atoms with van der Waals surface area (Å²) in [5.74, 6) is 0.440. The maximum absolute atomic E-state index is 11.6. The van der Waals surface area contributed by atoms with Crippen molar-refractivity contribution in [2.75, 3.05) is 13.2 Å². The molecule has 1 aliphatic rings. The van der Waals surface area contributed by atoms with Crippen molar-refractivity contribution < 1.29 is 14.3 Å². The van der Waals surface area contributed by atoms with Gasteiger partial charge in [-0.2, -0.15) is 0 Å². The van der Waals surface area contributed by atoms with Crippen LogP contribution in [0.1, 0.15) is 46.5 Å². The van der Waals surface area contributed by atoms with Crippen LogP contribution in [0.2, 0.25) is 0 Å². The Labute approximate surface area is 104 Å². The molecule has 0 bridgehead atoms. The van der Waals surface area contributed by atoms with E-state index in [1.165, 1.54) is 0 Å². The highest BCUT2D eigenvalue weighted by molar-refractivity contribution is 5.74. The minimum Gasteiger partial charge on any atom is -0.464 e. The topological polar surface area (TPSA) is 61.5 Å². The zero-order chi connectivity index (χ0) is 12.9. The first-order chi connectivity index (χ1) is 8.03. The summed E-state index contributed by atoms with van der Waals surface area (Å²) in [6.45, 7) is 6.65. The lowest BCUT2D eigenvalue weighted by atomic mass is 9.79. The quantitative estimate of drug-likeness (QED) is 0.749. The van der Waals surface area contributed by atoms with Crippen LogP contribution in [0.15, 0.2) is 0 Å². The van der Waals surface area contributed by atoms with Gasteiger partial charge in [-0.15, -0.1) is 0 Å². The van der Waals surface area contributed by atoms with Gasteiger partial charge in [0.05, 0.1) is 12.2 Å². The van der Waals surface area contributed by atoms with Crippen LogP contribution in [0.25, 0.3) is 0 Å². The lowest BCUT2D eigenvalue weighted by Gasteiger charge is -2.39. The predicted octanol–water partition coefficient (Wildman–Crippen LogP) is 1.86. The van der Waals surface area contributed by atoms with Gasteiger partial charge in [-0.05, 0) is 45.4 Å². The number of hydrogen-bond acceptors (Lipinski definition) is 4. The fraction of sp³-hybridized carbons (Fsp3) is 0.923. The van der Waals surface area contributed by atoms with Crippen LogP contribution < -0.4 is 5.73 Å². The largest absolute Gasteiger partial charge is 0.464 e. The second-order valence-corrected chi connectivity index (χ2v) is 5.08. The maximum Gasteiger partial charge on any atom is 0.334 e. The van der Waals surface area contributed by atoms with E-state index in [2.05, 4.69) is 6.92 Å². The molecule has 0 saturated heterocycles. The molecule has 0 radical (unpaired) electrons. The Morgan fingerprint density at radius 1 is 1.47 bits per heavy atom. The van der Waals surface area contributed by atoms with Crippen LogP contribution in [-0.4, -0.2) is 30.8 Å². The standard InChI is InChI=1S/C13H25NO3/c1-4-16-12(15)11(3)17-13(9-14)7-5-10(2)6-8-13/h10-11H,4-9,14H2,1-3H3. The van der Waals surface area contributed by atoms with Crippen LogP contribution in [0.5, 0.6) is 0 Å². The highest BCUT2D eigenvalue weighted by Crippen LogP contribution is 2.34. The number of carbonyl (C=O) groups is 1. The van der Waals surface area contributed by atoms with Gasteiger partial charge in [-0.1, -0.05) is 6.92 Å². The average Bonchev–Trinajstić information content (AvgIpc) is 2.33. The van der Waals surface area contributed by atoms with Crippen molar-refractivity contribution in [1.29, 1.82) is 0 Å². The molecule has 0 aromatic rings. The van der Waals surface area contributed by atoms with Crippen molar-refractivity contribution in [1.82, 2.24) is 0 Å². The number of ether oxygens (including phenoxy) is 2. The van der Waals surface area contributed by atoms with Crippen molar-refractivity contribution in [2.45, 2.75) is 58.2 Å². The van der Waals surface area contributed by atoms with Crippen LogP contribution in [0, 0.1) is 5.92 Å². The van der Waals surface area contributed by atoms with E-state index in [4.69, 9.17) is 15.2 Å². The van der Waals surface area contributed by atoms with Crippen molar-refractivity contribution in [3.8, 4) is 0 Å². The molecule has 0 spiro atoms. The second kappa shape index (κ2) is 6.36. The van der Waals surface area contributed by atoms with Crippen molar-refractivity contribution >= 4 is 5.97 Å². The molecule has 2 N–H and O–H groups in total. The molecule has 100 valence electrons. The zero-order valence-corrected chi connectivity index (χ0v) is 11.2. The van der Waals surface area contributed by atoms with E-state index in [1.54, 1.807) is 13.8 Å². The zero-order valence-electron chi connectivity index (χ0n) is 11.2. The molecular formula is C13H25NO3. The number of rotatable bonds is 5. The van der Waals surface area contributed by atoms with E-state index < -0.39 is 6.10 Å². The normalized spacial score (nSPS) is 30.9. The van der Waals surface area contributed by atoms with Crippen LogP contribution in [0.3, 0.4) is 0 Å². The summed E-state index contributed by atoms with van der Waals surface area (Å²) in [6.07, 6.45) is 3.59. The second-order valence-electron chi connectivity index (χ2n) is 5.08. The molecule has 1 fully saturated rings. The first-order valence-electron chi connectivity index (χ1n) is 6.57. The first-order valence-corrected chi connectivity index (χ1v) is 6.57. The lowest BCUT2D eigenvalue weighted by Crippen LogP contribution is -2.47. The minimum atomic E-state index is -0.521. The number of hydrogen-bond donors (Lipinski definition) is 1. The van der Waals surface area contributed by atoms with Crippen molar-refractivity contribution in [3.63, 3.8) is 0 Å². The lowest BCUT2D eigenvalue weighted by molar-refractivity contribution is -0.171. The Morgan fingerprint density at radius 2 is 2.06 bits per heavy atom. The molecule has 0 heterocycles. The first kappa shape index (κ1) is 14.5. The molecule has 4 heteroatoms. The molecule has 1 rings (SSSR count). The van der Waals surface area contributed by atoms with Gasteiger partial charge in [0.25, 0.3) is 0 Å². The Bertz CT molecular complexity index is 247. The van der Waals surface area contributed by atoms with Crippen molar-refractivity contribution in [3.05, 3.63) is 0 Å². The van der Waals surface area contributed by atoms with Crippen LogP contribution in [-0.2, 0) is 14.3 Å². The highest BCUT2D eigenvalue weighted by Gasteiger charge is 2.37. The van der Waals surface area contributed by atoms with E-state index in [0.717, 1.165) is 31.6 Å². The van der Waals surface area contributed by atoms with E-state index in [9.17, 15) is 4.79 Å². The molecule has 1 saturated carbocycles. The summed E-state index contributed by atoms with van der Waals surface area (Å²) < 4.78 is 10.8. The third kappa shape index (κ3) is 3.96. The van der Waals surface area contributed by atoms with Gasteiger partial charge in [0.1, 0.15) is 0 Å². The summed E-state index contributed by atoms with van der Waals surface area (Å²) >= 11 is 0. The molecule has 0 aromatic heterocycles.